The molecule has 2 fully saturated rings. The lowest BCUT2D eigenvalue weighted by Crippen LogP contribution is -2.36. The lowest BCUT2D eigenvalue weighted by Gasteiger charge is -2.16. The fourth-order valence-electron chi connectivity index (χ4n) is 3.66. The number of unbranched alkanes of at least 4 members (excludes halogenated alkanes) is 1. The summed E-state index contributed by atoms with van der Waals surface area (Å²) in [5, 5.41) is 6.71. The Morgan fingerprint density at radius 2 is 1.81 bits per heavy atom. The highest BCUT2D eigenvalue weighted by Gasteiger charge is 2.42. The van der Waals surface area contributed by atoms with Crippen LogP contribution in [-0.4, -0.2) is 52.0 Å². The van der Waals surface area contributed by atoms with Crippen molar-refractivity contribution < 1.29 is 24.0 Å². The monoisotopic (exact) mass is 389 g/mol. The molecule has 0 spiro atoms. The van der Waals surface area contributed by atoms with Crippen molar-refractivity contribution in [3.05, 3.63) is 35.4 Å². The SMILES string of the molecule is O=C1NC2CSC(CCCCC(=O)ON3C(=O)c4ccccc4C3=O)C2N1. The van der Waals surface area contributed by atoms with Crippen LogP contribution in [0.3, 0.4) is 0 Å². The van der Waals surface area contributed by atoms with Crippen LogP contribution in [0, 0.1) is 0 Å². The molecule has 1 aromatic rings. The summed E-state index contributed by atoms with van der Waals surface area (Å²) in [6.07, 6.45) is 2.41. The molecule has 3 aliphatic rings. The van der Waals surface area contributed by atoms with E-state index in [1.54, 1.807) is 12.1 Å². The van der Waals surface area contributed by atoms with E-state index in [9.17, 15) is 19.2 Å². The molecule has 27 heavy (non-hydrogen) atoms. The lowest BCUT2D eigenvalue weighted by atomic mass is 10.0. The largest absolute Gasteiger partial charge is 0.333 e. The zero-order valence-electron chi connectivity index (χ0n) is 14.5. The van der Waals surface area contributed by atoms with Crippen molar-refractivity contribution in [3.63, 3.8) is 0 Å². The number of nitrogens with zero attached hydrogens (tertiary/aromatic N) is 1. The third kappa shape index (κ3) is 3.39. The van der Waals surface area contributed by atoms with Gasteiger partial charge in [-0.1, -0.05) is 23.6 Å². The maximum Gasteiger partial charge on any atom is 0.333 e. The minimum absolute atomic E-state index is 0.111. The second-order valence-corrected chi connectivity index (χ2v) is 8.05. The van der Waals surface area contributed by atoms with E-state index >= 15 is 0 Å². The molecular formula is C18H19N3O5S. The first-order valence-electron chi connectivity index (χ1n) is 8.92. The van der Waals surface area contributed by atoms with E-state index in [4.69, 9.17) is 4.84 Å². The van der Waals surface area contributed by atoms with Crippen LogP contribution in [0.2, 0.25) is 0 Å². The molecule has 2 N–H and O–H groups in total. The van der Waals surface area contributed by atoms with Gasteiger partial charge in [0.2, 0.25) is 0 Å². The molecule has 8 nitrogen and oxygen atoms in total. The van der Waals surface area contributed by atoms with Crippen LogP contribution in [0.1, 0.15) is 46.4 Å². The number of carbonyl (C=O) groups excluding carboxylic acids is 4. The smallest absolute Gasteiger partial charge is 0.332 e. The van der Waals surface area contributed by atoms with Gasteiger partial charge >= 0.3 is 12.0 Å². The summed E-state index contributed by atoms with van der Waals surface area (Å²) >= 11 is 1.82. The number of urea groups is 1. The summed E-state index contributed by atoms with van der Waals surface area (Å²) in [6, 6.07) is 6.60. The maximum absolute atomic E-state index is 12.2. The van der Waals surface area contributed by atoms with Crippen LogP contribution in [-0.2, 0) is 9.63 Å². The van der Waals surface area contributed by atoms with Gasteiger partial charge in [-0.15, -0.1) is 0 Å². The van der Waals surface area contributed by atoms with E-state index in [-0.39, 0.29) is 35.7 Å². The third-order valence-electron chi connectivity index (χ3n) is 5.01. The van der Waals surface area contributed by atoms with Gasteiger partial charge in [-0.2, -0.15) is 11.8 Å². The van der Waals surface area contributed by atoms with E-state index in [1.807, 2.05) is 11.8 Å². The zero-order chi connectivity index (χ0) is 19.0. The number of hydroxylamine groups is 2. The van der Waals surface area contributed by atoms with Crippen LogP contribution in [0.5, 0.6) is 0 Å². The van der Waals surface area contributed by atoms with Gasteiger partial charge in [-0.3, -0.25) is 9.59 Å². The van der Waals surface area contributed by atoms with E-state index in [2.05, 4.69) is 10.6 Å². The summed E-state index contributed by atoms with van der Waals surface area (Å²) in [5.74, 6) is -0.920. The van der Waals surface area contributed by atoms with Gasteiger partial charge in [0.15, 0.2) is 0 Å². The quantitative estimate of drug-likeness (QED) is 0.434. The number of hydrogen-bond donors (Lipinski definition) is 2. The molecule has 0 saturated carbocycles. The van der Waals surface area contributed by atoms with Crippen molar-refractivity contribution in [1.29, 1.82) is 0 Å². The van der Waals surface area contributed by atoms with Crippen molar-refractivity contribution in [2.24, 2.45) is 0 Å². The molecule has 4 rings (SSSR count). The molecule has 0 radical (unpaired) electrons. The van der Waals surface area contributed by atoms with E-state index in [1.165, 1.54) is 12.1 Å². The van der Waals surface area contributed by atoms with E-state index in [0.717, 1.165) is 18.6 Å². The molecule has 3 heterocycles. The molecule has 142 valence electrons. The average molecular weight is 389 g/mol. The predicted octanol–water partition coefficient (Wildman–Crippen LogP) is 1.47. The van der Waals surface area contributed by atoms with Crippen LogP contribution >= 0.6 is 11.8 Å². The summed E-state index contributed by atoms with van der Waals surface area (Å²) in [6.45, 7) is 0. The Hall–Kier alpha value is -2.55. The van der Waals surface area contributed by atoms with Gasteiger partial charge < -0.3 is 15.5 Å². The van der Waals surface area contributed by atoms with Gasteiger partial charge in [-0.25, -0.2) is 9.59 Å². The number of thioether (sulfide) groups is 1. The predicted molar refractivity (Wildman–Crippen MR) is 97.0 cm³/mol. The van der Waals surface area contributed by atoms with Gasteiger partial charge in [-0.05, 0) is 25.0 Å². The highest BCUT2D eigenvalue weighted by molar-refractivity contribution is 8.00. The zero-order valence-corrected chi connectivity index (χ0v) is 15.3. The number of hydrogen-bond acceptors (Lipinski definition) is 6. The first-order chi connectivity index (χ1) is 13.0. The van der Waals surface area contributed by atoms with Crippen LogP contribution < -0.4 is 10.6 Å². The summed E-state index contributed by atoms with van der Waals surface area (Å²) < 4.78 is 0. The fraction of sp³-hybridized carbons (Fsp3) is 0.444. The Bertz CT molecular complexity index is 779. The Balaban J connectivity index is 1.21. The van der Waals surface area contributed by atoms with Crippen molar-refractivity contribution in [2.75, 3.05) is 5.75 Å². The van der Waals surface area contributed by atoms with Crippen molar-refractivity contribution in [1.82, 2.24) is 15.7 Å². The third-order valence-corrected chi connectivity index (χ3v) is 6.52. The normalized spacial score (nSPS) is 25.9. The summed E-state index contributed by atoms with van der Waals surface area (Å²) in [4.78, 5) is 52.7. The molecular weight excluding hydrogens is 370 g/mol. The minimum Gasteiger partial charge on any atom is -0.332 e. The summed E-state index contributed by atoms with van der Waals surface area (Å²) in [5.41, 5.74) is 0.491. The van der Waals surface area contributed by atoms with Crippen LogP contribution in [0.25, 0.3) is 0 Å². The summed E-state index contributed by atoms with van der Waals surface area (Å²) in [7, 11) is 0. The van der Waals surface area contributed by atoms with Gasteiger partial charge in [0.25, 0.3) is 11.8 Å². The molecule has 0 bridgehead atoms. The first-order valence-corrected chi connectivity index (χ1v) is 9.96. The first kappa shape index (κ1) is 17.8. The fourth-order valence-corrected chi connectivity index (χ4v) is 5.20. The number of fused-ring (bicyclic) bond motifs is 2. The molecule has 1 aromatic carbocycles. The van der Waals surface area contributed by atoms with Crippen LogP contribution in [0.15, 0.2) is 24.3 Å². The van der Waals surface area contributed by atoms with Crippen molar-refractivity contribution in [2.45, 2.75) is 43.0 Å². The minimum atomic E-state index is -0.609. The number of amides is 4. The second kappa shape index (κ2) is 7.22. The van der Waals surface area contributed by atoms with Gasteiger partial charge in [0, 0.05) is 17.4 Å². The topological polar surface area (TPSA) is 105 Å². The molecule has 4 amide bonds. The Labute approximate surface area is 159 Å². The van der Waals surface area contributed by atoms with E-state index in [0.29, 0.717) is 16.7 Å². The molecule has 3 atom stereocenters. The van der Waals surface area contributed by atoms with Crippen molar-refractivity contribution >= 4 is 35.6 Å². The van der Waals surface area contributed by atoms with Crippen molar-refractivity contribution in [3.8, 4) is 0 Å². The molecule has 2 saturated heterocycles. The number of carbonyl (C=O) groups is 4. The standard InChI is InChI=1S/C18H19N3O5S/c22-14(26-21-16(23)10-5-1-2-6-11(10)17(21)24)8-4-3-7-13-15-12(9-27-13)19-18(25)20-15/h1-2,5-6,12-13,15H,3-4,7-9H2,(H2,19,20,25). The molecule has 3 aliphatic heterocycles. The van der Waals surface area contributed by atoms with Crippen LogP contribution in [0.4, 0.5) is 4.79 Å². The highest BCUT2D eigenvalue weighted by atomic mass is 32.2. The highest BCUT2D eigenvalue weighted by Crippen LogP contribution is 2.33. The average Bonchev–Trinajstić information content (AvgIpc) is 3.27. The van der Waals surface area contributed by atoms with Gasteiger partial charge in [0.1, 0.15) is 0 Å². The number of nitrogens with one attached hydrogen (secondary N) is 2. The Morgan fingerprint density at radius 1 is 1.11 bits per heavy atom. The second-order valence-electron chi connectivity index (χ2n) is 6.78. The molecule has 9 heteroatoms. The Morgan fingerprint density at radius 3 is 2.52 bits per heavy atom. The number of benzene rings is 1. The Kier molecular flexibility index (Phi) is 4.77. The molecule has 0 aliphatic carbocycles. The number of imide groups is 1. The molecule has 0 aromatic heterocycles. The van der Waals surface area contributed by atoms with E-state index < -0.39 is 17.8 Å². The maximum atomic E-state index is 12.2. The van der Waals surface area contributed by atoms with Gasteiger partial charge in [0.05, 0.1) is 23.2 Å². The molecule has 3 unspecified atom stereocenters. The lowest BCUT2D eigenvalue weighted by molar-refractivity contribution is -0.168. The number of rotatable bonds is 6.